The fourth-order valence-corrected chi connectivity index (χ4v) is 1.12. The third-order valence-electron chi connectivity index (χ3n) is 0.926. The summed E-state index contributed by atoms with van der Waals surface area (Å²) in [6.07, 6.45) is 1.04. The Balaban J connectivity index is -0.000000219. The van der Waals surface area contributed by atoms with Crippen molar-refractivity contribution in [3.63, 3.8) is 0 Å². The SMILES string of the molecule is CC.CC(=O)OC(C)(C)C.CS(=O)(=O)NCCO. The molecule has 18 heavy (non-hydrogen) atoms. The van der Waals surface area contributed by atoms with Gasteiger partial charge in [-0.05, 0) is 20.8 Å². The number of rotatable bonds is 3. The summed E-state index contributed by atoms with van der Waals surface area (Å²) in [5.74, 6) is -0.225. The van der Waals surface area contributed by atoms with Gasteiger partial charge in [0.2, 0.25) is 10.0 Å². The second kappa shape index (κ2) is 11.4. The molecule has 2 N–H and O–H groups in total. The molecule has 0 unspecified atom stereocenters. The zero-order valence-electron chi connectivity index (χ0n) is 12.4. The van der Waals surface area contributed by atoms with Crippen LogP contribution in [0.5, 0.6) is 0 Å². The van der Waals surface area contributed by atoms with Crippen LogP contribution >= 0.6 is 0 Å². The number of aliphatic hydroxyl groups excluding tert-OH is 1. The van der Waals surface area contributed by atoms with Crippen molar-refractivity contribution in [1.82, 2.24) is 4.72 Å². The molecule has 0 aliphatic carbocycles. The molecule has 0 bridgehead atoms. The molecule has 0 amide bonds. The largest absolute Gasteiger partial charge is 0.460 e. The Morgan fingerprint density at radius 3 is 1.72 bits per heavy atom. The monoisotopic (exact) mass is 285 g/mol. The summed E-state index contributed by atoms with van der Waals surface area (Å²) in [7, 11) is -3.10. The summed E-state index contributed by atoms with van der Waals surface area (Å²) >= 11 is 0. The number of hydrogen-bond donors (Lipinski definition) is 2. The van der Waals surface area contributed by atoms with Gasteiger partial charge in [-0.3, -0.25) is 4.79 Å². The zero-order chi connectivity index (χ0) is 15.4. The summed E-state index contributed by atoms with van der Waals surface area (Å²) in [5.41, 5.74) is -0.328. The third-order valence-corrected chi connectivity index (χ3v) is 1.65. The van der Waals surface area contributed by atoms with Crippen molar-refractivity contribution >= 4 is 16.0 Å². The number of nitrogens with one attached hydrogen (secondary N) is 1. The highest BCUT2D eigenvalue weighted by atomic mass is 32.2. The number of carbonyl (C=O) groups excluding carboxylic acids is 1. The van der Waals surface area contributed by atoms with Crippen LogP contribution in [0.3, 0.4) is 0 Å². The van der Waals surface area contributed by atoms with Crippen LogP contribution in [0.2, 0.25) is 0 Å². The molecule has 0 atom stereocenters. The maximum atomic E-state index is 10.2. The van der Waals surface area contributed by atoms with Crippen LogP contribution < -0.4 is 4.72 Å². The highest BCUT2D eigenvalue weighted by Gasteiger charge is 2.11. The quantitative estimate of drug-likeness (QED) is 0.752. The minimum absolute atomic E-state index is 0.0961. The Labute approximate surface area is 111 Å². The average Bonchev–Trinajstić information content (AvgIpc) is 2.14. The van der Waals surface area contributed by atoms with E-state index in [0.29, 0.717) is 0 Å². The van der Waals surface area contributed by atoms with Gasteiger partial charge in [0.05, 0.1) is 12.9 Å². The lowest BCUT2D eigenvalue weighted by Gasteiger charge is -2.17. The molecule has 0 aromatic carbocycles. The molecule has 0 saturated heterocycles. The van der Waals surface area contributed by atoms with Gasteiger partial charge < -0.3 is 9.84 Å². The van der Waals surface area contributed by atoms with Crippen molar-refractivity contribution in [3.05, 3.63) is 0 Å². The number of carbonyl (C=O) groups is 1. The van der Waals surface area contributed by atoms with Crippen molar-refractivity contribution in [2.45, 2.75) is 47.1 Å². The van der Waals surface area contributed by atoms with E-state index in [1.54, 1.807) is 0 Å². The zero-order valence-corrected chi connectivity index (χ0v) is 13.2. The molecule has 0 aromatic heterocycles. The molecule has 0 spiro atoms. The molecular formula is C11H27NO5S. The fourth-order valence-electron chi connectivity index (χ4n) is 0.662. The van der Waals surface area contributed by atoms with Gasteiger partial charge in [-0.15, -0.1) is 0 Å². The van der Waals surface area contributed by atoms with Crippen LogP contribution in [-0.2, 0) is 19.6 Å². The number of ether oxygens (including phenoxy) is 1. The van der Waals surface area contributed by atoms with Crippen LogP contribution in [0, 0.1) is 0 Å². The Morgan fingerprint density at radius 2 is 1.67 bits per heavy atom. The molecule has 0 saturated carbocycles. The van der Waals surface area contributed by atoms with E-state index in [1.165, 1.54) is 6.92 Å². The predicted molar refractivity (Wildman–Crippen MR) is 72.8 cm³/mol. The van der Waals surface area contributed by atoms with Gasteiger partial charge in [0.25, 0.3) is 0 Å². The van der Waals surface area contributed by atoms with Crippen molar-refractivity contribution < 1.29 is 23.1 Å². The maximum Gasteiger partial charge on any atom is 0.303 e. The molecule has 0 aromatic rings. The van der Waals surface area contributed by atoms with E-state index in [2.05, 4.69) is 4.72 Å². The van der Waals surface area contributed by atoms with Crippen LogP contribution in [0.25, 0.3) is 0 Å². The standard InChI is InChI=1S/C6H12O2.C3H9NO3S.C2H6/c1-5(7)8-6(2,3)4;1-8(6,7)4-2-3-5;1-2/h1-4H3;4-5H,2-3H2,1H3;1-2H3. The second-order valence-electron chi connectivity index (χ2n) is 4.10. The molecular weight excluding hydrogens is 258 g/mol. The van der Waals surface area contributed by atoms with Crippen molar-refractivity contribution in [2.75, 3.05) is 19.4 Å². The molecule has 7 heteroatoms. The van der Waals surface area contributed by atoms with Gasteiger partial charge in [-0.1, -0.05) is 13.8 Å². The lowest BCUT2D eigenvalue weighted by Crippen LogP contribution is -2.24. The normalized spacial score (nSPS) is 10.4. The maximum absolute atomic E-state index is 10.2. The van der Waals surface area contributed by atoms with Crippen LogP contribution in [0.4, 0.5) is 0 Å². The average molecular weight is 285 g/mol. The van der Waals surface area contributed by atoms with Gasteiger partial charge in [0, 0.05) is 13.5 Å². The molecule has 6 nitrogen and oxygen atoms in total. The number of aliphatic hydroxyl groups is 1. The van der Waals surface area contributed by atoms with Gasteiger partial charge in [0.1, 0.15) is 5.60 Å². The van der Waals surface area contributed by atoms with Crippen molar-refractivity contribution in [3.8, 4) is 0 Å². The van der Waals surface area contributed by atoms with Gasteiger partial charge in [-0.2, -0.15) is 0 Å². The first-order valence-corrected chi connectivity index (χ1v) is 7.62. The van der Waals surface area contributed by atoms with E-state index in [1.807, 2.05) is 34.6 Å². The van der Waals surface area contributed by atoms with E-state index < -0.39 is 10.0 Å². The molecule has 0 rings (SSSR count). The first-order valence-electron chi connectivity index (χ1n) is 5.73. The highest BCUT2D eigenvalue weighted by molar-refractivity contribution is 7.88. The van der Waals surface area contributed by atoms with Gasteiger partial charge in [-0.25, -0.2) is 13.1 Å². The van der Waals surface area contributed by atoms with E-state index in [-0.39, 0.29) is 24.7 Å². The fraction of sp³-hybridized carbons (Fsp3) is 0.909. The Kier molecular flexibility index (Phi) is 14.3. The van der Waals surface area contributed by atoms with E-state index >= 15 is 0 Å². The minimum Gasteiger partial charge on any atom is -0.460 e. The Bertz CT molecular complexity index is 293. The smallest absolute Gasteiger partial charge is 0.303 e. The molecule has 112 valence electrons. The molecule has 0 aliphatic heterocycles. The van der Waals surface area contributed by atoms with Crippen LogP contribution in [0.1, 0.15) is 41.5 Å². The molecule has 0 fully saturated rings. The topological polar surface area (TPSA) is 92.7 Å². The number of hydrogen-bond acceptors (Lipinski definition) is 5. The summed E-state index contributed by atoms with van der Waals surface area (Å²) in [5, 5.41) is 8.10. The summed E-state index contributed by atoms with van der Waals surface area (Å²) < 4.78 is 27.2. The first-order chi connectivity index (χ1) is 7.98. The van der Waals surface area contributed by atoms with Gasteiger partial charge >= 0.3 is 5.97 Å². The Morgan fingerprint density at radius 1 is 1.28 bits per heavy atom. The minimum atomic E-state index is -3.10. The van der Waals surface area contributed by atoms with Crippen LogP contribution in [0.15, 0.2) is 0 Å². The number of sulfonamides is 1. The lowest BCUT2D eigenvalue weighted by atomic mass is 10.2. The molecule has 0 radical (unpaired) electrons. The summed E-state index contributed by atoms with van der Waals surface area (Å²) in [6.45, 7) is 10.9. The van der Waals surface area contributed by atoms with Crippen molar-refractivity contribution in [1.29, 1.82) is 0 Å². The van der Waals surface area contributed by atoms with Gasteiger partial charge in [0.15, 0.2) is 0 Å². The molecule has 0 aliphatic rings. The molecule has 0 heterocycles. The Hall–Kier alpha value is -0.660. The van der Waals surface area contributed by atoms with E-state index in [4.69, 9.17) is 9.84 Å². The predicted octanol–water partition coefficient (Wildman–Crippen LogP) is 0.902. The van der Waals surface area contributed by atoms with Crippen molar-refractivity contribution in [2.24, 2.45) is 0 Å². The third kappa shape index (κ3) is 36.2. The van der Waals surface area contributed by atoms with E-state index in [0.717, 1.165) is 6.26 Å². The summed E-state index contributed by atoms with van der Waals surface area (Å²) in [6, 6.07) is 0. The first kappa shape index (κ1) is 22.5. The lowest BCUT2D eigenvalue weighted by molar-refractivity contribution is -0.151. The summed E-state index contributed by atoms with van der Waals surface area (Å²) in [4.78, 5) is 10.2. The second-order valence-corrected chi connectivity index (χ2v) is 5.93. The van der Waals surface area contributed by atoms with Crippen LogP contribution in [-0.4, -0.2) is 44.5 Å². The number of esters is 1. The van der Waals surface area contributed by atoms with E-state index in [9.17, 15) is 13.2 Å². The highest BCUT2D eigenvalue weighted by Crippen LogP contribution is 2.05.